The molecule has 2 aromatic rings. The van der Waals surface area contributed by atoms with Crippen molar-refractivity contribution >= 4 is 23.4 Å². The molecule has 0 spiro atoms. The molecule has 0 aromatic heterocycles. The molecule has 0 saturated carbocycles. The van der Waals surface area contributed by atoms with Crippen LogP contribution in [0.15, 0.2) is 54.1 Å². The number of hydrogen-bond acceptors (Lipinski definition) is 4. The highest BCUT2D eigenvalue weighted by molar-refractivity contribution is 5.94. The van der Waals surface area contributed by atoms with E-state index >= 15 is 0 Å². The molecule has 0 saturated heterocycles. The summed E-state index contributed by atoms with van der Waals surface area (Å²) >= 11 is 0. The second-order valence-electron chi connectivity index (χ2n) is 4.46. The topological polar surface area (TPSA) is 78.3 Å². The molecule has 4 heteroatoms. The van der Waals surface area contributed by atoms with Crippen LogP contribution in [0, 0.1) is 0 Å². The maximum Gasteiger partial charge on any atom is 0.339 e. The van der Waals surface area contributed by atoms with Gasteiger partial charge < -0.3 is 16.2 Å². The molecule has 0 atom stereocenters. The summed E-state index contributed by atoms with van der Waals surface area (Å²) < 4.78 is 5.24. The third-order valence-corrected chi connectivity index (χ3v) is 2.66. The highest BCUT2D eigenvalue weighted by atomic mass is 16.5. The number of ether oxygens (including phenoxy) is 1. The number of hydrogen-bond donors (Lipinski definition) is 2. The van der Waals surface area contributed by atoms with Crippen LogP contribution in [-0.4, -0.2) is 5.97 Å². The zero-order chi connectivity index (χ0) is 14.5. The van der Waals surface area contributed by atoms with Crippen molar-refractivity contribution < 1.29 is 9.53 Å². The molecule has 0 aliphatic carbocycles. The Morgan fingerprint density at radius 2 is 1.65 bits per heavy atom. The van der Waals surface area contributed by atoms with Gasteiger partial charge in [0.15, 0.2) is 0 Å². The van der Waals surface area contributed by atoms with Gasteiger partial charge in [-0.05, 0) is 48.9 Å². The van der Waals surface area contributed by atoms with Crippen LogP contribution < -0.4 is 16.2 Å². The fourth-order valence-electron chi connectivity index (χ4n) is 1.77. The summed E-state index contributed by atoms with van der Waals surface area (Å²) in [5.41, 5.74) is 13.8. The molecule has 4 N–H and O–H groups in total. The highest BCUT2D eigenvalue weighted by Crippen LogP contribution is 2.17. The number of benzene rings is 2. The molecule has 0 fully saturated rings. The summed E-state index contributed by atoms with van der Waals surface area (Å²) in [5, 5.41) is 0. The second-order valence-corrected chi connectivity index (χ2v) is 4.46. The lowest BCUT2D eigenvalue weighted by Gasteiger charge is -2.05. The average Bonchev–Trinajstić information content (AvgIpc) is 2.38. The minimum absolute atomic E-state index is 0.405. The predicted octanol–water partition coefficient (Wildman–Crippen LogP) is 2.86. The van der Waals surface area contributed by atoms with Crippen LogP contribution in [0.1, 0.15) is 12.5 Å². The van der Waals surface area contributed by atoms with E-state index < -0.39 is 5.97 Å². The number of nitrogens with two attached hydrogens (primary N) is 2. The summed E-state index contributed by atoms with van der Waals surface area (Å²) in [4.78, 5) is 11.9. The molecule has 0 aliphatic heterocycles. The number of para-hydroxylation sites is 1. The first-order valence-corrected chi connectivity index (χ1v) is 6.16. The van der Waals surface area contributed by atoms with Crippen molar-refractivity contribution in [2.75, 3.05) is 11.5 Å². The van der Waals surface area contributed by atoms with Gasteiger partial charge in [-0.25, -0.2) is 4.79 Å². The van der Waals surface area contributed by atoms with Crippen LogP contribution in [0.3, 0.4) is 0 Å². The summed E-state index contributed by atoms with van der Waals surface area (Å²) in [6.45, 7) is 1.69. The molecule has 20 heavy (non-hydrogen) atoms. The number of rotatable bonds is 3. The van der Waals surface area contributed by atoms with Crippen molar-refractivity contribution in [2.45, 2.75) is 6.92 Å². The van der Waals surface area contributed by atoms with E-state index in [0.717, 1.165) is 5.56 Å². The first kappa shape index (κ1) is 13.7. The largest absolute Gasteiger partial charge is 0.423 e. The van der Waals surface area contributed by atoms with E-state index in [4.69, 9.17) is 16.2 Å². The normalized spacial score (nSPS) is 11.2. The molecule has 2 aromatic carbocycles. The first-order chi connectivity index (χ1) is 9.54. The Kier molecular flexibility index (Phi) is 4.05. The zero-order valence-electron chi connectivity index (χ0n) is 11.2. The SMILES string of the molecule is C/C(=C\c1cc(N)cc(N)c1)C(=O)Oc1ccccc1. The molecule has 0 heterocycles. The van der Waals surface area contributed by atoms with E-state index in [0.29, 0.717) is 22.7 Å². The smallest absolute Gasteiger partial charge is 0.339 e. The Hall–Kier alpha value is -2.75. The van der Waals surface area contributed by atoms with Gasteiger partial charge in [-0.1, -0.05) is 18.2 Å². The van der Waals surface area contributed by atoms with Gasteiger partial charge in [0, 0.05) is 16.9 Å². The summed E-state index contributed by atoms with van der Waals surface area (Å²) in [6, 6.07) is 14.1. The Morgan fingerprint density at radius 3 is 2.25 bits per heavy atom. The molecule has 4 nitrogen and oxygen atoms in total. The first-order valence-electron chi connectivity index (χ1n) is 6.16. The van der Waals surface area contributed by atoms with Crippen molar-refractivity contribution in [2.24, 2.45) is 0 Å². The molecule has 0 unspecified atom stereocenters. The van der Waals surface area contributed by atoms with Gasteiger partial charge in [-0.2, -0.15) is 0 Å². The lowest BCUT2D eigenvalue weighted by molar-refractivity contribution is -0.130. The Bertz CT molecular complexity index is 629. The van der Waals surface area contributed by atoms with E-state index in [9.17, 15) is 4.79 Å². The molecular weight excluding hydrogens is 252 g/mol. The van der Waals surface area contributed by atoms with Gasteiger partial charge in [-0.15, -0.1) is 0 Å². The average molecular weight is 268 g/mol. The predicted molar refractivity (Wildman–Crippen MR) is 81.0 cm³/mol. The van der Waals surface area contributed by atoms with Crippen molar-refractivity contribution in [3.63, 3.8) is 0 Å². The fraction of sp³-hybridized carbons (Fsp3) is 0.0625. The number of nitrogen functional groups attached to an aromatic ring is 2. The molecular formula is C16H16N2O2. The molecule has 102 valence electrons. The number of carbonyl (C=O) groups excluding carboxylic acids is 1. The molecule has 0 radical (unpaired) electrons. The van der Waals surface area contributed by atoms with Crippen LogP contribution in [0.4, 0.5) is 11.4 Å². The van der Waals surface area contributed by atoms with E-state index in [-0.39, 0.29) is 0 Å². The molecule has 0 aliphatic rings. The van der Waals surface area contributed by atoms with Gasteiger partial charge in [0.1, 0.15) is 5.75 Å². The van der Waals surface area contributed by atoms with Gasteiger partial charge in [0.05, 0.1) is 0 Å². The van der Waals surface area contributed by atoms with Crippen LogP contribution in [0.5, 0.6) is 5.75 Å². The summed E-state index contributed by atoms with van der Waals surface area (Å²) in [6.07, 6.45) is 1.69. The highest BCUT2D eigenvalue weighted by Gasteiger charge is 2.07. The quantitative estimate of drug-likeness (QED) is 0.388. The van der Waals surface area contributed by atoms with E-state index in [2.05, 4.69) is 0 Å². The minimum atomic E-state index is -0.405. The number of anilines is 2. The third-order valence-electron chi connectivity index (χ3n) is 2.66. The third kappa shape index (κ3) is 3.62. The minimum Gasteiger partial charge on any atom is -0.423 e. The Balaban J connectivity index is 2.15. The van der Waals surface area contributed by atoms with Gasteiger partial charge in [0.25, 0.3) is 0 Å². The standard InChI is InChI=1S/C16H16N2O2/c1-11(7-12-8-13(17)10-14(18)9-12)16(19)20-15-5-3-2-4-6-15/h2-10H,17-18H2,1H3/b11-7+. The fourth-order valence-corrected chi connectivity index (χ4v) is 1.77. The lowest BCUT2D eigenvalue weighted by atomic mass is 10.1. The Labute approximate surface area is 117 Å². The van der Waals surface area contributed by atoms with Crippen LogP contribution >= 0.6 is 0 Å². The van der Waals surface area contributed by atoms with Crippen molar-refractivity contribution in [1.29, 1.82) is 0 Å². The van der Waals surface area contributed by atoms with E-state index in [1.165, 1.54) is 0 Å². The van der Waals surface area contributed by atoms with Crippen molar-refractivity contribution in [3.05, 3.63) is 59.7 Å². The van der Waals surface area contributed by atoms with E-state index in [1.54, 1.807) is 55.5 Å². The second kappa shape index (κ2) is 5.93. The van der Waals surface area contributed by atoms with Crippen LogP contribution in [0.25, 0.3) is 6.08 Å². The van der Waals surface area contributed by atoms with Crippen molar-refractivity contribution in [1.82, 2.24) is 0 Å². The molecule has 2 rings (SSSR count). The van der Waals surface area contributed by atoms with Gasteiger partial charge >= 0.3 is 5.97 Å². The maximum absolute atomic E-state index is 11.9. The molecule has 0 amide bonds. The summed E-state index contributed by atoms with van der Waals surface area (Å²) in [7, 11) is 0. The number of esters is 1. The molecule has 0 bridgehead atoms. The van der Waals surface area contributed by atoms with Gasteiger partial charge in [-0.3, -0.25) is 0 Å². The van der Waals surface area contributed by atoms with Crippen LogP contribution in [-0.2, 0) is 4.79 Å². The number of carbonyl (C=O) groups is 1. The Morgan fingerprint density at radius 1 is 1.05 bits per heavy atom. The lowest BCUT2D eigenvalue weighted by Crippen LogP contribution is -2.08. The van der Waals surface area contributed by atoms with E-state index in [1.807, 2.05) is 6.07 Å². The maximum atomic E-state index is 11.9. The van der Waals surface area contributed by atoms with Gasteiger partial charge in [0.2, 0.25) is 0 Å². The summed E-state index contributed by atoms with van der Waals surface area (Å²) in [5.74, 6) is 0.106. The zero-order valence-corrected chi connectivity index (χ0v) is 11.2. The monoisotopic (exact) mass is 268 g/mol. The van der Waals surface area contributed by atoms with Crippen LogP contribution in [0.2, 0.25) is 0 Å². The van der Waals surface area contributed by atoms with Crippen molar-refractivity contribution in [3.8, 4) is 5.75 Å².